The number of nitrogens with one attached hydrogen (secondary N) is 1. The van der Waals surface area contributed by atoms with Gasteiger partial charge < -0.3 is 45.7 Å². The summed E-state index contributed by atoms with van der Waals surface area (Å²) in [6, 6.07) is -0.815. The molecule has 2 unspecified atom stereocenters. The molecular formula is C29H38N10O16P2. The van der Waals surface area contributed by atoms with Crippen molar-refractivity contribution in [2.24, 2.45) is 5.92 Å². The number of phosphoric acid groups is 2. The lowest BCUT2D eigenvalue weighted by molar-refractivity contribution is -0.185. The molecule has 5 fully saturated rings. The van der Waals surface area contributed by atoms with Gasteiger partial charge in [0.15, 0.2) is 11.5 Å². The molecule has 57 heavy (non-hydrogen) atoms. The Hall–Kier alpha value is -4.01. The zero-order valence-corrected chi connectivity index (χ0v) is 31.4. The van der Waals surface area contributed by atoms with Gasteiger partial charge in [0, 0.05) is 25.5 Å². The molecule has 5 aliphatic rings. The minimum absolute atomic E-state index is 0.0246. The zero-order valence-electron chi connectivity index (χ0n) is 29.6. The Morgan fingerprint density at radius 3 is 2.40 bits per heavy atom. The molecule has 0 spiro atoms. The molecule has 0 aromatic carbocycles. The van der Waals surface area contributed by atoms with Gasteiger partial charge >= 0.3 is 27.4 Å². The number of urea groups is 1. The molecule has 310 valence electrons. The van der Waals surface area contributed by atoms with Crippen molar-refractivity contribution in [3.05, 3.63) is 35.4 Å². The van der Waals surface area contributed by atoms with Gasteiger partial charge in [-0.2, -0.15) is 4.98 Å². The molecule has 2 bridgehead atoms. The van der Waals surface area contributed by atoms with Crippen LogP contribution in [0.3, 0.4) is 0 Å². The van der Waals surface area contributed by atoms with Crippen LogP contribution in [0, 0.1) is 5.92 Å². The summed E-state index contributed by atoms with van der Waals surface area (Å²) in [5.41, 5.74) is 11.2. The minimum Gasteiger partial charge on any atom is -0.394 e. The number of ether oxygens (including phenoxy) is 3. The lowest BCUT2D eigenvalue weighted by Gasteiger charge is -2.49. The number of aliphatic hydroxyl groups excluding tert-OH is 2. The van der Waals surface area contributed by atoms with Gasteiger partial charge in [-0.3, -0.25) is 42.2 Å². The molecule has 26 nitrogen and oxygen atoms in total. The van der Waals surface area contributed by atoms with E-state index < -0.39 is 120 Å². The van der Waals surface area contributed by atoms with Crippen LogP contribution < -0.4 is 22.5 Å². The number of nitrogens with two attached hydrogens (primary N) is 2. The lowest BCUT2D eigenvalue weighted by atomic mass is 9.89. The van der Waals surface area contributed by atoms with Crippen LogP contribution >= 0.6 is 15.6 Å². The smallest absolute Gasteiger partial charge is 0.394 e. The van der Waals surface area contributed by atoms with Gasteiger partial charge in [-0.05, 0) is 6.07 Å². The minimum atomic E-state index is -5.24. The van der Waals surface area contributed by atoms with E-state index in [4.69, 9.17) is 43.8 Å². The van der Waals surface area contributed by atoms with E-state index in [2.05, 4.69) is 25.3 Å². The fourth-order valence-electron chi connectivity index (χ4n) is 7.75. The van der Waals surface area contributed by atoms with E-state index in [0.29, 0.717) is 0 Å². The van der Waals surface area contributed by atoms with Gasteiger partial charge in [-0.1, -0.05) is 6.92 Å². The second-order valence-corrected chi connectivity index (χ2v) is 16.7. The number of amides is 3. The number of aliphatic hydroxyl groups is 2. The average molecular weight is 845 g/mol. The monoisotopic (exact) mass is 844 g/mol. The summed E-state index contributed by atoms with van der Waals surface area (Å²) in [4.78, 5) is 77.2. The van der Waals surface area contributed by atoms with E-state index in [1.165, 1.54) is 36.4 Å². The number of imide groups is 1. The highest BCUT2D eigenvalue weighted by atomic mass is 31.2. The molecule has 0 radical (unpaired) electrons. The lowest BCUT2D eigenvalue weighted by Crippen LogP contribution is -2.69. The standard InChI is InChI=1S/C29H38N10O16P2/c1-11-22-24(55-57(47,48)53-13-5-19(50-15(13)7-40)38-10-34-21-25(31)32-9-33-26(21)38)23-14(6-20(52-23)39(22)29(44)36-27(11)42)54-56(45,46)49-8-16-12(41)4-18(51-16)37-3-2-17(30)35-28(37)43/h2-3,9-16,18-20,22-24,40-41H,4-8H2,1H3,(H,45,46)(H,47,48)(H2,30,35,43)(H2,31,32,33)(H,36,42,44)/t11-,12+,13+,14+,15-,16-,18-,19-,20-,22+,23+,24+/m1/s1. The molecule has 3 aromatic rings. The Bertz CT molecular complexity index is 2210. The first-order valence-electron chi connectivity index (χ1n) is 17.5. The van der Waals surface area contributed by atoms with Gasteiger partial charge in [-0.15, -0.1) is 0 Å². The predicted molar refractivity (Wildman–Crippen MR) is 185 cm³/mol. The van der Waals surface area contributed by atoms with Crippen LogP contribution in [-0.2, 0) is 46.2 Å². The van der Waals surface area contributed by atoms with Crippen LogP contribution in [0.1, 0.15) is 38.6 Å². The maximum absolute atomic E-state index is 13.8. The molecular weight excluding hydrogens is 806 g/mol. The molecule has 8 rings (SSSR count). The number of aromatic nitrogens is 6. The highest BCUT2D eigenvalue weighted by molar-refractivity contribution is 7.47. The van der Waals surface area contributed by atoms with Gasteiger partial charge in [-0.25, -0.2) is 33.7 Å². The third-order valence-electron chi connectivity index (χ3n) is 10.4. The van der Waals surface area contributed by atoms with E-state index in [1.54, 1.807) is 0 Å². The number of hydrogen-bond acceptors (Lipinski definition) is 20. The maximum Gasteiger partial charge on any atom is 0.472 e. The van der Waals surface area contributed by atoms with Crippen LogP contribution in [0.25, 0.3) is 11.2 Å². The van der Waals surface area contributed by atoms with Gasteiger partial charge in [0.05, 0.1) is 37.6 Å². The van der Waals surface area contributed by atoms with Crippen LogP contribution in [0.4, 0.5) is 16.4 Å². The average Bonchev–Trinajstić information content (AvgIpc) is 3.92. The molecule has 14 atom stereocenters. The number of nitrogens with zero attached hydrogens (tertiary/aromatic N) is 7. The fraction of sp³-hybridized carbons (Fsp3) is 0.621. The molecule has 5 aliphatic heterocycles. The number of rotatable bonds is 12. The van der Waals surface area contributed by atoms with Crippen molar-refractivity contribution >= 4 is 50.4 Å². The summed E-state index contributed by atoms with van der Waals surface area (Å²) in [6.45, 7) is 0.113. The van der Waals surface area contributed by atoms with Gasteiger partial charge in [0.25, 0.3) is 0 Å². The Morgan fingerprint density at radius 2 is 1.65 bits per heavy atom. The van der Waals surface area contributed by atoms with Crippen molar-refractivity contribution in [2.75, 3.05) is 24.7 Å². The van der Waals surface area contributed by atoms with E-state index >= 15 is 0 Å². The number of fused-ring (bicyclic) bond motifs is 5. The second kappa shape index (κ2) is 15.0. The number of imidazole rings is 1. The first-order valence-corrected chi connectivity index (χ1v) is 20.5. The number of carbonyl (C=O) groups excluding carboxylic acids is 2. The summed E-state index contributed by atoms with van der Waals surface area (Å²) in [7, 11) is -10.3. The Kier molecular flexibility index (Phi) is 10.5. The zero-order chi connectivity index (χ0) is 40.6. The fourth-order valence-corrected chi connectivity index (χ4v) is 9.86. The Morgan fingerprint density at radius 1 is 0.930 bits per heavy atom. The third-order valence-corrected chi connectivity index (χ3v) is 12.5. The summed E-state index contributed by atoms with van der Waals surface area (Å²) < 4.78 is 69.2. The van der Waals surface area contributed by atoms with E-state index in [0.717, 1.165) is 9.47 Å². The first kappa shape index (κ1) is 39.8. The summed E-state index contributed by atoms with van der Waals surface area (Å²) in [5, 5.41) is 22.9. The first-order chi connectivity index (χ1) is 27.0. The van der Waals surface area contributed by atoms with Gasteiger partial charge in [0.2, 0.25) is 5.91 Å². The quantitative estimate of drug-likeness (QED) is 0.0992. The molecule has 3 amide bonds. The number of nitrogen functional groups attached to an aromatic ring is 2. The number of carbonyl (C=O) groups is 2. The molecule has 8 heterocycles. The molecule has 0 saturated carbocycles. The van der Waals surface area contributed by atoms with Crippen molar-refractivity contribution in [2.45, 2.75) is 93.6 Å². The Labute approximate surface area is 320 Å². The van der Waals surface area contributed by atoms with Crippen LogP contribution in [0.15, 0.2) is 29.7 Å². The normalized spacial score (nSPS) is 35.9. The number of hydrogen-bond donors (Lipinski definition) is 7. The van der Waals surface area contributed by atoms with Crippen molar-refractivity contribution < 1.29 is 71.0 Å². The summed E-state index contributed by atoms with van der Waals surface area (Å²) in [6.07, 6.45) is -9.01. The van der Waals surface area contributed by atoms with E-state index in [-0.39, 0.29) is 42.1 Å². The van der Waals surface area contributed by atoms with Crippen LogP contribution in [0.2, 0.25) is 0 Å². The molecule has 28 heteroatoms. The van der Waals surface area contributed by atoms with Crippen molar-refractivity contribution in [1.82, 2.24) is 39.3 Å². The van der Waals surface area contributed by atoms with E-state index in [1.807, 2.05) is 0 Å². The predicted octanol–water partition coefficient (Wildman–Crippen LogP) is -1.77. The molecule has 0 aliphatic carbocycles. The highest BCUT2D eigenvalue weighted by Gasteiger charge is 2.62. The number of anilines is 2. The molecule has 3 aromatic heterocycles. The Balaban J connectivity index is 0.977. The van der Waals surface area contributed by atoms with Crippen molar-refractivity contribution in [3.63, 3.8) is 0 Å². The van der Waals surface area contributed by atoms with Crippen molar-refractivity contribution in [3.8, 4) is 0 Å². The van der Waals surface area contributed by atoms with Crippen molar-refractivity contribution in [1.29, 1.82) is 0 Å². The number of phosphoric ester groups is 2. The van der Waals surface area contributed by atoms with Crippen LogP contribution in [-0.4, -0.2) is 134 Å². The van der Waals surface area contributed by atoms with Crippen LogP contribution in [0.5, 0.6) is 0 Å². The van der Waals surface area contributed by atoms with E-state index in [9.17, 15) is 43.5 Å². The second-order valence-electron chi connectivity index (χ2n) is 14.0. The SMILES string of the molecule is C[C@H]1C(=O)NC(=O)N2[C@@H]1[C@H](OP(=O)(O)O[C@H]1C[C@H](n3cnc4c(N)ncnc43)O[C@@H]1CO)[C@H]1O[C@@H]2C[C@@H]1OP(=O)(O)OC[C@H]1O[C@@H](n2ccc(N)nc2=O)C[C@@H]1O. The largest absolute Gasteiger partial charge is 0.472 e. The topological polar surface area (TPSA) is 360 Å². The summed E-state index contributed by atoms with van der Waals surface area (Å²) >= 11 is 0. The maximum atomic E-state index is 13.8. The third kappa shape index (κ3) is 7.57. The van der Waals surface area contributed by atoms with Gasteiger partial charge in [0.1, 0.15) is 73.0 Å². The molecule has 5 saturated heterocycles. The summed E-state index contributed by atoms with van der Waals surface area (Å²) in [5.74, 6) is -1.70. The highest BCUT2D eigenvalue weighted by Crippen LogP contribution is 2.56. The molecule has 9 N–H and O–H groups in total.